The van der Waals surface area contributed by atoms with Crippen LogP contribution in [0.25, 0.3) is 0 Å². The minimum absolute atomic E-state index is 0. The molecule has 1 saturated heterocycles. The first-order valence-electron chi connectivity index (χ1n) is 7.58. The molecule has 0 amide bonds. The Hall–Kier alpha value is -0.770. The molecule has 3 unspecified atom stereocenters. The van der Waals surface area contributed by atoms with E-state index in [1.165, 1.54) is 12.0 Å². The summed E-state index contributed by atoms with van der Waals surface area (Å²) in [6.45, 7) is 6.56. The van der Waals surface area contributed by atoms with Crippen LogP contribution in [0.3, 0.4) is 0 Å². The lowest BCUT2D eigenvalue weighted by molar-refractivity contribution is -0.00000504. The number of halogens is 1. The van der Waals surface area contributed by atoms with Crippen molar-refractivity contribution in [2.24, 2.45) is 11.7 Å². The van der Waals surface area contributed by atoms with E-state index < -0.39 is 0 Å². The summed E-state index contributed by atoms with van der Waals surface area (Å²) in [7, 11) is 3.94. The highest BCUT2D eigenvalue weighted by Gasteiger charge is 2.43. The van der Waals surface area contributed by atoms with Gasteiger partial charge in [-0.2, -0.15) is 0 Å². The number of piperidine rings is 1. The first-order valence-corrected chi connectivity index (χ1v) is 7.58. The second-order valence-electron chi connectivity index (χ2n) is 6.32. The van der Waals surface area contributed by atoms with Crippen LogP contribution in [-0.2, 0) is 5.41 Å². The van der Waals surface area contributed by atoms with Crippen LogP contribution in [0.1, 0.15) is 33.7 Å². The van der Waals surface area contributed by atoms with Crippen LogP contribution >= 0.6 is 0 Å². The van der Waals surface area contributed by atoms with Gasteiger partial charge in [-0.05, 0) is 57.0 Å². The molecular weight excluding hydrogens is 284 g/mol. The fraction of sp³-hybridized carbons (Fsp3) is 0.647. The van der Waals surface area contributed by atoms with E-state index in [2.05, 4.69) is 50.1 Å². The molecular formula is C17H29ClN2O. The van der Waals surface area contributed by atoms with Crippen molar-refractivity contribution in [1.82, 2.24) is 4.90 Å². The molecule has 1 aliphatic heterocycles. The third-order valence-electron chi connectivity index (χ3n) is 5.17. The number of methoxy groups -OCH3 is 1. The summed E-state index contributed by atoms with van der Waals surface area (Å²) in [5.41, 5.74) is 7.56. The molecule has 1 aromatic rings. The molecule has 1 aliphatic rings. The molecule has 1 fully saturated rings. The highest BCUT2D eigenvalue weighted by Crippen LogP contribution is 2.44. The number of benzene rings is 1. The fourth-order valence-electron chi connectivity index (χ4n) is 3.75. The first-order chi connectivity index (χ1) is 9.53. The van der Waals surface area contributed by atoms with E-state index in [9.17, 15) is 0 Å². The lowest BCUT2D eigenvalue weighted by atomic mass is 9.63. The Bertz CT molecular complexity index is 443. The molecule has 1 heterocycles. The van der Waals surface area contributed by atoms with E-state index in [1.54, 1.807) is 7.11 Å². The number of rotatable bonds is 4. The van der Waals surface area contributed by atoms with Crippen LogP contribution in [0.4, 0.5) is 0 Å². The van der Waals surface area contributed by atoms with E-state index in [0.717, 1.165) is 25.3 Å². The van der Waals surface area contributed by atoms with Gasteiger partial charge in [0.05, 0.1) is 7.11 Å². The number of nitrogens with two attached hydrogens (primary N) is 1. The second kappa shape index (κ2) is 7.48. The van der Waals surface area contributed by atoms with Crippen molar-refractivity contribution < 1.29 is 18.6 Å². The minimum Gasteiger partial charge on any atom is -1.00 e. The average molecular weight is 313 g/mol. The summed E-state index contributed by atoms with van der Waals surface area (Å²) in [6, 6.07) is 9.19. The number of ether oxygens (including phenoxy) is 1. The van der Waals surface area contributed by atoms with E-state index in [4.69, 9.17) is 10.5 Å². The first kappa shape index (κ1) is 18.3. The number of likely N-dealkylation sites (tertiary alicyclic amines) is 1. The van der Waals surface area contributed by atoms with Crippen molar-refractivity contribution in [2.75, 3.05) is 27.2 Å². The molecule has 0 aromatic heterocycles. The van der Waals surface area contributed by atoms with E-state index in [1.807, 2.05) is 0 Å². The predicted molar refractivity (Wildman–Crippen MR) is 85.3 cm³/mol. The van der Waals surface area contributed by atoms with Crippen molar-refractivity contribution >= 4 is 0 Å². The van der Waals surface area contributed by atoms with Gasteiger partial charge in [-0.1, -0.05) is 19.1 Å². The SMILES string of the molecule is COc1ccc(C2(CCN)CC(C)N(C)CC2C)cc1.[Cl-].[H+]. The van der Waals surface area contributed by atoms with Crippen LogP contribution in [0.2, 0.25) is 0 Å². The summed E-state index contributed by atoms with van der Waals surface area (Å²) >= 11 is 0. The quantitative estimate of drug-likeness (QED) is 0.834. The van der Waals surface area contributed by atoms with Crippen molar-refractivity contribution in [2.45, 2.75) is 38.1 Å². The predicted octanol–water partition coefficient (Wildman–Crippen LogP) is -0.242. The molecule has 0 aliphatic carbocycles. The van der Waals surface area contributed by atoms with Gasteiger partial charge in [0.25, 0.3) is 0 Å². The van der Waals surface area contributed by atoms with Crippen molar-refractivity contribution in [3.8, 4) is 5.75 Å². The zero-order valence-electron chi connectivity index (χ0n) is 14.6. The average Bonchev–Trinajstić information content (AvgIpc) is 2.45. The lowest BCUT2D eigenvalue weighted by Crippen LogP contribution is -3.00. The Balaban J connectivity index is 0.00000220. The fourth-order valence-corrected chi connectivity index (χ4v) is 3.75. The van der Waals surface area contributed by atoms with Crippen LogP contribution < -0.4 is 22.9 Å². The molecule has 4 heteroatoms. The maximum atomic E-state index is 5.94. The van der Waals surface area contributed by atoms with Crippen LogP contribution in [0.5, 0.6) is 5.75 Å². The maximum Gasteiger partial charge on any atom is 1.00 e. The third kappa shape index (κ3) is 3.53. The van der Waals surface area contributed by atoms with Gasteiger partial charge in [0.15, 0.2) is 0 Å². The largest absolute Gasteiger partial charge is 1.00 e. The number of hydrogen-bond donors (Lipinski definition) is 1. The van der Waals surface area contributed by atoms with E-state index in [-0.39, 0.29) is 19.2 Å². The minimum atomic E-state index is 0. The topological polar surface area (TPSA) is 38.5 Å². The summed E-state index contributed by atoms with van der Waals surface area (Å²) in [5, 5.41) is 0. The molecule has 1 aromatic carbocycles. The summed E-state index contributed by atoms with van der Waals surface area (Å²) in [6.07, 6.45) is 2.23. The van der Waals surface area contributed by atoms with Crippen molar-refractivity contribution in [3.05, 3.63) is 29.8 Å². The maximum absolute atomic E-state index is 5.94. The molecule has 2 rings (SSSR count). The molecule has 3 nitrogen and oxygen atoms in total. The molecule has 0 saturated carbocycles. The van der Waals surface area contributed by atoms with Gasteiger partial charge in [0, 0.05) is 18.0 Å². The van der Waals surface area contributed by atoms with Gasteiger partial charge in [-0.15, -0.1) is 0 Å². The standard InChI is InChI=1S/C17H28N2O.ClH/c1-13-12-19(3)14(2)11-17(13,9-10-18)15-5-7-16(20-4)8-6-15;/h5-8,13-14H,9-12,18H2,1-4H3;1H. The molecule has 21 heavy (non-hydrogen) atoms. The molecule has 2 N–H and O–H groups in total. The van der Waals surface area contributed by atoms with E-state index in [0.29, 0.717) is 12.0 Å². The Morgan fingerprint density at radius 1 is 1.33 bits per heavy atom. The summed E-state index contributed by atoms with van der Waals surface area (Å²) in [4.78, 5) is 2.46. The zero-order valence-corrected chi connectivity index (χ0v) is 14.4. The van der Waals surface area contributed by atoms with Crippen molar-refractivity contribution in [1.29, 1.82) is 0 Å². The number of nitrogens with zero attached hydrogens (tertiary/aromatic N) is 1. The van der Waals surface area contributed by atoms with Crippen LogP contribution in [0, 0.1) is 5.92 Å². The molecule has 0 radical (unpaired) electrons. The van der Waals surface area contributed by atoms with Gasteiger partial charge < -0.3 is 27.8 Å². The molecule has 0 spiro atoms. The van der Waals surface area contributed by atoms with E-state index >= 15 is 0 Å². The van der Waals surface area contributed by atoms with Gasteiger partial charge in [0.1, 0.15) is 5.75 Å². The van der Waals surface area contributed by atoms with Gasteiger partial charge in [-0.25, -0.2) is 0 Å². The molecule has 3 atom stereocenters. The Kier molecular flexibility index (Phi) is 6.51. The van der Waals surface area contributed by atoms with Gasteiger partial charge >= 0.3 is 1.43 Å². The Morgan fingerprint density at radius 2 is 1.95 bits per heavy atom. The lowest BCUT2D eigenvalue weighted by Gasteiger charge is -2.49. The monoisotopic (exact) mass is 312 g/mol. The van der Waals surface area contributed by atoms with Gasteiger partial charge in [-0.3, -0.25) is 0 Å². The summed E-state index contributed by atoms with van der Waals surface area (Å²) < 4.78 is 5.28. The zero-order chi connectivity index (χ0) is 14.8. The third-order valence-corrected chi connectivity index (χ3v) is 5.17. The normalized spacial score (nSPS) is 29.8. The van der Waals surface area contributed by atoms with Gasteiger partial charge in [0.2, 0.25) is 0 Å². The second-order valence-corrected chi connectivity index (χ2v) is 6.32. The summed E-state index contributed by atoms with van der Waals surface area (Å²) in [5.74, 6) is 1.53. The van der Waals surface area contributed by atoms with Crippen molar-refractivity contribution in [3.63, 3.8) is 0 Å². The smallest absolute Gasteiger partial charge is 1.00 e. The molecule has 120 valence electrons. The number of hydrogen-bond acceptors (Lipinski definition) is 3. The molecule has 0 bridgehead atoms. The Labute approximate surface area is 136 Å². The highest BCUT2D eigenvalue weighted by molar-refractivity contribution is 5.34. The highest BCUT2D eigenvalue weighted by atomic mass is 35.5. The Morgan fingerprint density at radius 3 is 2.48 bits per heavy atom. The van der Waals surface area contributed by atoms with Crippen LogP contribution in [0.15, 0.2) is 24.3 Å². The van der Waals surface area contributed by atoms with Crippen LogP contribution in [-0.4, -0.2) is 38.2 Å².